The normalized spacial score (nSPS) is 14.5. The molecule has 1 amide bonds. The number of hydrogen-bond acceptors (Lipinski definition) is 2. The summed E-state index contributed by atoms with van der Waals surface area (Å²) in [6.07, 6.45) is 4.54. The van der Waals surface area contributed by atoms with Gasteiger partial charge in [0.1, 0.15) is 6.54 Å². The second kappa shape index (κ2) is 6.31. The molecule has 0 radical (unpaired) electrons. The van der Waals surface area contributed by atoms with Gasteiger partial charge in [-0.15, -0.1) is 0 Å². The van der Waals surface area contributed by atoms with Gasteiger partial charge in [0, 0.05) is 30.2 Å². The van der Waals surface area contributed by atoms with E-state index in [-0.39, 0.29) is 5.91 Å². The molecule has 1 fully saturated rings. The Labute approximate surface area is 125 Å². The summed E-state index contributed by atoms with van der Waals surface area (Å²) in [6.45, 7) is 5.17. The van der Waals surface area contributed by atoms with Crippen LogP contribution in [0.15, 0.2) is 30.5 Å². The van der Waals surface area contributed by atoms with Crippen molar-refractivity contribution in [3.63, 3.8) is 0 Å². The smallest absolute Gasteiger partial charge is 0.239 e. The molecule has 1 aliphatic rings. The van der Waals surface area contributed by atoms with E-state index in [9.17, 15) is 4.79 Å². The minimum atomic E-state index is 0.108. The van der Waals surface area contributed by atoms with Crippen LogP contribution in [0, 0.1) is 5.92 Å². The van der Waals surface area contributed by atoms with Crippen molar-refractivity contribution in [1.82, 2.24) is 15.2 Å². The summed E-state index contributed by atoms with van der Waals surface area (Å²) in [5.74, 6) is 0.832. The molecule has 3 rings (SSSR count). The van der Waals surface area contributed by atoms with E-state index in [0.717, 1.165) is 31.1 Å². The van der Waals surface area contributed by atoms with Crippen molar-refractivity contribution in [2.24, 2.45) is 5.92 Å². The van der Waals surface area contributed by atoms with Gasteiger partial charge in [0.2, 0.25) is 5.91 Å². The minimum absolute atomic E-state index is 0.108. The highest BCUT2D eigenvalue weighted by molar-refractivity contribution is 5.85. The summed E-state index contributed by atoms with van der Waals surface area (Å²) >= 11 is 0. The summed E-state index contributed by atoms with van der Waals surface area (Å²) in [7, 11) is 0. The Morgan fingerprint density at radius 2 is 2.19 bits per heavy atom. The van der Waals surface area contributed by atoms with Crippen LogP contribution < -0.4 is 10.6 Å². The maximum atomic E-state index is 12.0. The monoisotopic (exact) mass is 285 g/mol. The molecule has 1 aliphatic carbocycles. The third kappa shape index (κ3) is 3.45. The van der Waals surface area contributed by atoms with Gasteiger partial charge in [-0.05, 0) is 43.0 Å². The second-order valence-corrected chi connectivity index (χ2v) is 5.82. The van der Waals surface area contributed by atoms with Crippen LogP contribution in [0.1, 0.15) is 25.3 Å². The quantitative estimate of drug-likeness (QED) is 0.820. The Balaban J connectivity index is 1.71. The number of aromatic nitrogens is 1. The Morgan fingerprint density at radius 1 is 1.33 bits per heavy atom. The summed E-state index contributed by atoms with van der Waals surface area (Å²) in [6, 6.07) is 8.39. The molecule has 0 atom stereocenters. The highest BCUT2D eigenvalue weighted by Gasteiger charge is 2.21. The molecule has 4 nitrogen and oxygen atoms in total. The molecule has 2 aromatic rings. The molecule has 0 spiro atoms. The van der Waals surface area contributed by atoms with Crippen molar-refractivity contribution in [3.05, 3.63) is 36.0 Å². The predicted molar refractivity (Wildman–Crippen MR) is 85.1 cm³/mol. The largest absolute Gasteiger partial charge is 0.354 e. The number of amides is 1. The number of nitrogens with zero attached hydrogens (tertiary/aromatic N) is 1. The molecule has 0 aliphatic heterocycles. The third-order valence-corrected chi connectivity index (χ3v) is 4.07. The van der Waals surface area contributed by atoms with E-state index < -0.39 is 0 Å². The van der Waals surface area contributed by atoms with Crippen LogP contribution in [0.2, 0.25) is 0 Å². The molecule has 1 aromatic carbocycles. The fourth-order valence-electron chi connectivity index (χ4n) is 2.63. The molecule has 112 valence electrons. The van der Waals surface area contributed by atoms with Crippen LogP contribution in [0.5, 0.6) is 0 Å². The molecule has 1 aromatic heterocycles. The van der Waals surface area contributed by atoms with Gasteiger partial charge in [-0.2, -0.15) is 0 Å². The number of hydrogen-bond donors (Lipinski definition) is 2. The molecule has 4 heteroatoms. The van der Waals surface area contributed by atoms with Crippen LogP contribution in [-0.4, -0.2) is 23.6 Å². The van der Waals surface area contributed by atoms with Gasteiger partial charge in [0.25, 0.3) is 0 Å². The van der Waals surface area contributed by atoms with E-state index in [1.165, 1.54) is 23.8 Å². The van der Waals surface area contributed by atoms with Crippen LogP contribution in [0.25, 0.3) is 10.9 Å². The highest BCUT2D eigenvalue weighted by atomic mass is 16.1. The van der Waals surface area contributed by atoms with Gasteiger partial charge in [0.15, 0.2) is 0 Å². The zero-order chi connectivity index (χ0) is 14.7. The van der Waals surface area contributed by atoms with Crippen molar-refractivity contribution in [3.8, 4) is 0 Å². The van der Waals surface area contributed by atoms with Gasteiger partial charge in [0.05, 0.1) is 0 Å². The maximum Gasteiger partial charge on any atom is 0.239 e. The molecule has 1 saturated carbocycles. The highest BCUT2D eigenvalue weighted by Crippen LogP contribution is 2.27. The SMILES string of the molecule is CCNCc1cccc2c1ccn2CC(=O)NCC1CC1. The van der Waals surface area contributed by atoms with E-state index in [4.69, 9.17) is 0 Å². The zero-order valence-corrected chi connectivity index (χ0v) is 12.6. The van der Waals surface area contributed by atoms with Crippen LogP contribution in [-0.2, 0) is 17.9 Å². The minimum Gasteiger partial charge on any atom is -0.354 e. The molecule has 0 saturated heterocycles. The molecule has 2 N–H and O–H groups in total. The van der Waals surface area contributed by atoms with Crippen LogP contribution >= 0.6 is 0 Å². The Bertz CT molecular complexity index is 628. The van der Waals surface area contributed by atoms with E-state index in [0.29, 0.717) is 6.54 Å². The standard InChI is InChI=1S/C17H23N3O/c1-2-18-11-14-4-3-5-16-15(14)8-9-20(16)12-17(21)19-10-13-6-7-13/h3-5,8-9,13,18H,2,6-7,10-12H2,1H3,(H,19,21). The molecular formula is C17H23N3O. The molecule has 0 bridgehead atoms. The lowest BCUT2D eigenvalue weighted by Crippen LogP contribution is -2.29. The first kappa shape index (κ1) is 14.1. The topological polar surface area (TPSA) is 46.1 Å². The van der Waals surface area contributed by atoms with E-state index in [1.54, 1.807) is 0 Å². The van der Waals surface area contributed by atoms with E-state index >= 15 is 0 Å². The van der Waals surface area contributed by atoms with Crippen LogP contribution in [0.3, 0.4) is 0 Å². The lowest BCUT2D eigenvalue weighted by atomic mass is 10.1. The van der Waals surface area contributed by atoms with Crippen molar-refractivity contribution >= 4 is 16.8 Å². The molecule has 0 unspecified atom stereocenters. The van der Waals surface area contributed by atoms with Crippen molar-refractivity contribution < 1.29 is 4.79 Å². The molecular weight excluding hydrogens is 262 g/mol. The van der Waals surface area contributed by atoms with E-state index in [1.807, 2.05) is 10.8 Å². The Kier molecular flexibility index (Phi) is 4.25. The average molecular weight is 285 g/mol. The number of fused-ring (bicyclic) bond motifs is 1. The predicted octanol–water partition coefficient (Wildman–Crippen LogP) is 2.28. The van der Waals surface area contributed by atoms with Crippen molar-refractivity contribution in [2.75, 3.05) is 13.1 Å². The van der Waals surface area contributed by atoms with Crippen molar-refractivity contribution in [2.45, 2.75) is 32.9 Å². The molecule has 1 heterocycles. The van der Waals surface area contributed by atoms with Gasteiger partial charge >= 0.3 is 0 Å². The lowest BCUT2D eigenvalue weighted by Gasteiger charge is -2.08. The van der Waals surface area contributed by atoms with Crippen LogP contribution in [0.4, 0.5) is 0 Å². The first-order chi connectivity index (χ1) is 10.3. The number of rotatable bonds is 7. The Morgan fingerprint density at radius 3 is 2.95 bits per heavy atom. The summed E-state index contributed by atoms with van der Waals surface area (Å²) in [5.41, 5.74) is 2.42. The van der Waals surface area contributed by atoms with Crippen molar-refractivity contribution in [1.29, 1.82) is 0 Å². The first-order valence-corrected chi connectivity index (χ1v) is 7.82. The maximum absolute atomic E-state index is 12.0. The zero-order valence-electron chi connectivity index (χ0n) is 12.6. The summed E-state index contributed by atoms with van der Waals surface area (Å²) < 4.78 is 2.03. The summed E-state index contributed by atoms with van der Waals surface area (Å²) in [5, 5.41) is 7.61. The number of nitrogens with one attached hydrogen (secondary N) is 2. The lowest BCUT2D eigenvalue weighted by molar-refractivity contribution is -0.121. The fraction of sp³-hybridized carbons (Fsp3) is 0.471. The number of carbonyl (C=O) groups excluding carboxylic acids is 1. The number of benzene rings is 1. The third-order valence-electron chi connectivity index (χ3n) is 4.07. The Hall–Kier alpha value is -1.81. The van der Waals surface area contributed by atoms with Gasteiger partial charge in [-0.25, -0.2) is 0 Å². The first-order valence-electron chi connectivity index (χ1n) is 7.82. The fourth-order valence-corrected chi connectivity index (χ4v) is 2.63. The molecule has 21 heavy (non-hydrogen) atoms. The summed E-state index contributed by atoms with van der Waals surface area (Å²) in [4.78, 5) is 12.0. The average Bonchev–Trinajstić information content (AvgIpc) is 3.24. The van der Waals surface area contributed by atoms with Gasteiger partial charge in [-0.1, -0.05) is 19.1 Å². The van der Waals surface area contributed by atoms with Gasteiger partial charge < -0.3 is 15.2 Å². The second-order valence-electron chi connectivity index (χ2n) is 5.82. The number of carbonyl (C=O) groups is 1. The van der Waals surface area contributed by atoms with E-state index in [2.05, 4.69) is 41.8 Å². The van der Waals surface area contributed by atoms with Gasteiger partial charge in [-0.3, -0.25) is 4.79 Å².